The van der Waals surface area contributed by atoms with Gasteiger partial charge in [0, 0.05) is 4.11 Å². The Morgan fingerprint density at radius 2 is 2.00 bits per heavy atom. The van der Waals surface area contributed by atoms with E-state index in [1.165, 1.54) is 0 Å². The molecule has 0 aliphatic rings. The van der Waals surface area contributed by atoms with Crippen LogP contribution in [0, 0.1) is 6.85 Å². The summed E-state index contributed by atoms with van der Waals surface area (Å²) in [5.74, 6) is 0.669. The van der Waals surface area contributed by atoms with Crippen LogP contribution in [0.1, 0.15) is 9.68 Å². The molecule has 48 valence electrons. The Bertz CT molecular complexity index is 250. The van der Waals surface area contributed by atoms with E-state index in [4.69, 9.17) is 8.85 Å². The Balaban J connectivity index is 2.93. The van der Waals surface area contributed by atoms with Gasteiger partial charge in [-0.05, 0) is 19.0 Å². The van der Waals surface area contributed by atoms with Gasteiger partial charge in [0.25, 0.3) is 0 Å². The number of hydrogen-bond acceptors (Lipinski definition) is 1. The molecule has 0 N–H and O–H groups in total. The Morgan fingerprint density at radius 1 is 1.33 bits per heavy atom. The molecule has 1 rings (SSSR count). The van der Waals surface area contributed by atoms with Crippen molar-refractivity contribution in [1.82, 2.24) is 0 Å². The van der Waals surface area contributed by atoms with Crippen molar-refractivity contribution in [2.24, 2.45) is 0 Å². The zero-order valence-electron chi connectivity index (χ0n) is 8.22. The first-order chi connectivity index (χ1) is 5.54. The summed E-state index contributed by atoms with van der Waals surface area (Å²) in [6.45, 7) is -2.02. The average molecular weight is 125 g/mol. The van der Waals surface area contributed by atoms with Gasteiger partial charge < -0.3 is 4.74 Å². The van der Waals surface area contributed by atoms with Gasteiger partial charge in [-0.15, -0.1) is 0 Å². The lowest BCUT2D eigenvalue weighted by atomic mass is 10.2. The van der Waals surface area contributed by atoms with Crippen LogP contribution in [0.15, 0.2) is 24.3 Å². The highest BCUT2D eigenvalue weighted by Gasteiger charge is 1.85. The second-order valence-corrected chi connectivity index (χ2v) is 1.73. The van der Waals surface area contributed by atoms with Crippen LogP contribution in [0.4, 0.5) is 0 Å². The molecule has 0 aliphatic carbocycles. The van der Waals surface area contributed by atoms with E-state index in [-0.39, 0.29) is 0 Å². The van der Waals surface area contributed by atoms with Crippen LogP contribution >= 0.6 is 0 Å². The minimum Gasteiger partial charge on any atom is -0.497 e. The van der Waals surface area contributed by atoms with Gasteiger partial charge >= 0.3 is 0 Å². The molecule has 0 radical (unpaired) electrons. The van der Waals surface area contributed by atoms with E-state index in [1.54, 1.807) is 31.4 Å². The molecule has 1 nitrogen and oxygen atoms in total. The Hall–Kier alpha value is -0.980. The molecule has 0 aliphatic heterocycles. The largest absolute Gasteiger partial charge is 0.497 e. The smallest absolute Gasteiger partial charge is 0.118 e. The predicted molar refractivity (Wildman–Crippen MR) is 37.7 cm³/mol. The molecule has 1 aromatic rings. The first-order valence-corrected chi connectivity index (χ1v) is 2.68. The monoisotopic (exact) mass is 125 g/mol. The van der Waals surface area contributed by atoms with Crippen LogP contribution in [0.3, 0.4) is 0 Å². The van der Waals surface area contributed by atoms with Gasteiger partial charge in [0.05, 0.1) is 7.11 Å². The second-order valence-electron chi connectivity index (χ2n) is 1.73. The van der Waals surface area contributed by atoms with Gasteiger partial charge in [0.1, 0.15) is 5.75 Å². The van der Waals surface area contributed by atoms with Crippen LogP contribution in [0.5, 0.6) is 5.75 Å². The molecule has 0 saturated carbocycles. The summed E-state index contributed by atoms with van der Waals surface area (Å²) in [6.07, 6.45) is 0. The molecular formula is C8H10O. The summed E-state index contributed by atoms with van der Waals surface area (Å²) >= 11 is 0. The third kappa shape index (κ3) is 1.46. The van der Waals surface area contributed by atoms with Crippen molar-refractivity contribution in [3.63, 3.8) is 0 Å². The molecule has 1 aromatic carbocycles. The number of methoxy groups -OCH3 is 1. The molecule has 0 atom stereocenters. The Kier molecular flexibility index (Phi) is 0.916. The topological polar surface area (TPSA) is 9.23 Å². The third-order valence-corrected chi connectivity index (χ3v) is 1.09. The van der Waals surface area contributed by atoms with E-state index in [9.17, 15) is 0 Å². The van der Waals surface area contributed by atoms with Gasteiger partial charge in [-0.25, -0.2) is 0 Å². The molecule has 0 saturated heterocycles. The minimum atomic E-state index is -2.02. The van der Waals surface area contributed by atoms with E-state index in [2.05, 4.69) is 0 Å². The first-order valence-electron chi connectivity index (χ1n) is 4.18. The second kappa shape index (κ2) is 2.53. The van der Waals surface area contributed by atoms with Gasteiger partial charge in [0.2, 0.25) is 0 Å². The summed E-state index contributed by atoms with van der Waals surface area (Å²) in [6, 6.07) is 6.38. The molecule has 0 unspecified atom stereocenters. The van der Waals surface area contributed by atoms with Crippen molar-refractivity contribution in [3.05, 3.63) is 29.8 Å². The van der Waals surface area contributed by atoms with Crippen LogP contribution in [0.25, 0.3) is 0 Å². The number of aryl methyl sites for hydroxylation is 1. The summed E-state index contributed by atoms with van der Waals surface area (Å²) < 4.78 is 26.2. The lowest BCUT2D eigenvalue weighted by Gasteiger charge is -1.97. The quantitative estimate of drug-likeness (QED) is 0.557. The average Bonchev–Trinajstić information content (AvgIpc) is 2.03. The van der Waals surface area contributed by atoms with Gasteiger partial charge in [0.15, 0.2) is 0 Å². The summed E-state index contributed by atoms with van der Waals surface area (Å²) in [4.78, 5) is 0. The lowest BCUT2D eigenvalue weighted by Crippen LogP contribution is -1.80. The lowest BCUT2D eigenvalue weighted by molar-refractivity contribution is 0.414. The van der Waals surface area contributed by atoms with Gasteiger partial charge in [-0.1, -0.05) is 17.7 Å². The summed E-state index contributed by atoms with van der Waals surface area (Å²) in [5, 5.41) is 0. The fraction of sp³-hybridized carbons (Fsp3) is 0.250. The maximum Gasteiger partial charge on any atom is 0.118 e. The normalized spacial score (nSPS) is 15.4. The molecule has 9 heavy (non-hydrogen) atoms. The van der Waals surface area contributed by atoms with Gasteiger partial charge in [-0.3, -0.25) is 0 Å². The fourth-order valence-electron chi connectivity index (χ4n) is 0.591. The van der Waals surface area contributed by atoms with E-state index in [1.807, 2.05) is 0 Å². The molecule has 0 heterocycles. The molecule has 1 heteroatoms. The van der Waals surface area contributed by atoms with Crippen LogP contribution in [0.2, 0.25) is 0 Å². The number of hydrogen-bond donors (Lipinski definition) is 0. The summed E-state index contributed by atoms with van der Waals surface area (Å²) in [5.41, 5.74) is 0.336. The van der Waals surface area contributed by atoms with Crippen molar-refractivity contribution >= 4 is 0 Å². The minimum absolute atomic E-state index is 0.336. The Labute approximate surface area is 59.5 Å². The molecule has 0 bridgehead atoms. The van der Waals surface area contributed by atoms with E-state index in [0.717, 1.165) is 0 Å². The summed E-state index contributed by atoms with van der Waals surface area (Å²) in [7, 11) is 1.55. The predicted octanol–water partition coefficient (Wildman–Crippen LogP) is 2.00. The number of rotatable bonds is 1. The molecule has 0 amide bonds. The zero-order chi connectivity index (χ0) is 9.19. The van der Waals surface area contributed by atoms with Crippen molar-refractivity contribution in [1.29, 1.82) is 0 Å². The number of benzene rings is 1. The van der Waals surface area contributed by atoms with Gasteiger partial charge in [-0.2, -0.15) is 0 Å². The maximum absolute atomic E-state index is 7.09. The highest BCUT2D eigenvalue weighted by Crippen LogP contribution is 2.09. The zero-order valence-corrected chi connectivity index (χ0v) is 5.22. The van der Waals surface area contributed by atoms with Crippen molar-refractivity contribution in [2.45, 2.75) is 6.85 Å². The molecule has 0 aromatic heterocycles. The van der Waals surface area contributed by atoms with Crippen LogP contribution in [-0.2, 0) is 0 Å². The van der Waals surface area contributed by atoms with Crippen LogP contribution < -0.4 is 4.74 Å². The van der Waals surface area contributed by atoms with Crippen molar-refractivity contribution in [3.8, 4) is 5.75 Å². The highest BCUT2D eigenvalue weighted by molar-refractivity contribution is 5.25. The molecule has 0 spiro atoms. The fourth-order valence-corrected chi connectivity index (χ4v) is 0.591. The van der Waals surface area contributed by atoms with E-state index in [0.29, 0.717) is 11.3 Å². The maximum atomic E-state index is 7.09. The van der Waals surface area contributed by atoms with Crippen LogP contribution in [-0.4, -0.2) is 7.11 Å². The highest BCUT2D eigenvalue weighted by atomic mass is 16.5. The standard InChI is InChI=1S/C8H10O/c1-7-3-5-8(9-2)6-4-7/h3-6H,1-2H3/i1D3. The SMILES string of the molecule is [2H]C([2H])([2H])c1ccc(OC)cc1. The Morgan fingerprint density at radius 3 is 2.44 bits per heavy atom. The first kappa shape index (κ1) is 3.25. The van der Waals surface area contributed by atoms with E-state index < -0.39 is 6.85 Å². The molecular weight excluding hydrogens is 112 g/mol. The third-order valence-electron chi connectivity index (χ3n) is 1.09. The van der Waals surface area contributed by atoms with E-state index >= 15 is 0 Å². The molecule has 0 fully saturated rings. The van der Waals surface area contributed by atoms with Crippen molar-refractivity contribution < 1.29 is 8.85 Å². The number of ether oxygens (including phenoxy) is 1. The van der Waals surface area contributed by atoms with Crippen molar-refractivity contribution in [2.75, 3.05) is 7.11 Å².